The fourth-order valence-electron chi connectivity index (χ4n) is 1.78. The van der Waals surface area contributed by atoms with Crippen molar-refractivity contribution >= 4 is 5.78 Å². The first-order valence-electron chi connectivity index (χ1n) is 5.74. The molecular weight excluding hydrogens is 240 g/mol. The topological polar surface area (TPSA) is 63.0 Å². The number of rotatable bonds is 4. The summed E-state index contributed by atoms with van der Waals surface area (Å²) in [5, 5.41) is 9.22. The molecule has 0 aliphatic heterocycles. The van der Waals surface area contributed by atoms with E-state index in [2.05, 4.69) is 4.98 Å². The van der Waals surface area contributed by atoms with Gasteiger partial charge in [0.05, 0.1) is 13.2 Å². The van der Waals surface area contributed by atoms with Gasteiger partial charge in [-0.3, -0.25) is 9.78 Å². The molecule has 1 aromatic carbocycles. The summed E-state index contributed by atoms with van der Waals surface area (Å²) >= 11 is 0. The Morgan fingerprint density at radius 3 is 2.68 bits per heavy atom. The van der Waals surface area contributed by atoms with Crippen molar-refractivity contribution < 1.29 is 9.53 Å². The molecule has 0 spiro atoms. The van der Waals surface area contributed by atoms with E-state index >= 15 is 0 Å². The molecule has 1 heterocycles. The fraction of sp³-hybridized carbons (Fsp3) is 0.133. The van der Waals surface area contributed by atoms with Crippen LogP contribution in [0.4, 0.5) is 0 Å². The molecule has 0 saturated carbocycles. The van der Waals surface area contributed by atoms with Gasteiger partial charge in [0.1, 0.15) is 11.7 Å². The van der Waals surface area contributed by atoms with Gasteiger partial charge in [-0.25, -0.2) is 0 Å². The van der Waals surface area contributed by atoms with Crippen LogP contribution < -0.4 is 4.74 Å². The molecule has 0 fully saturated rings. The fourth-order valence-corrected chi connectivity index (χ4v) is 1.78. The van der Waals surface area contributed by atoms with Crippen molar-refractivity contribution in [2.24, 2.45) is 0 Å². The minimum absolute atomic E-state index is 0.243. The summed E-state index contributed by atoms with van der Waals surface area (Å²) in [4.78, 5) is 16.2. The van der Waals surface area contributed by atoms with Crippen LogP contribution in [0.15, 0.2) is 48.8 Å². The summed E-state index contributed by atoms with van der Waals surface area (Å²) in [6.45, 7) is 0. The molecule has 1 aromatic heterocycles. The van der Waals surface area contributed by atoms with Crippen LogP contribution in [0, 0.1) is 11.3 Å². The average Bonchev–Trinajstić information content (AvgIpc) is 2.49. The Bertz CT molecular complexity index is 618. The van der Waals surface area contributed by atoms with Gasteiger partial charge in [-0.05, 0) is 29.8 Å². The highest BCUT2D eigenvalue weighted by molar-refractivity contribution is 6.03. The van der Waals surface area contributed by atoms with Crippen LogP contribution in [-0.4, -0.2) is 17.9 Å². The van der Waals surface area contributed by atoms with E-state index in [1.165, 1.54) is 7.11 Å². The van der Waals surface area contributed by atoms with Gasteiger partial charge in [-0.15, -0.1) is 0 Å². The summed E-state index contributed by atoms with van der Waals surface area (Å²) in [6, 6.07) is 12.2. The van der Waals surface area contributed by atoms with E-state index in [4.69, 9.17) is 4.74 Å². The molecule has 0 aliphatic rings. The Morgan fingerprint density at radius 2 is 2.05 bits per heavy atom. The molecule has 0 aliphatic carbocycles. The number of pyridine rings is 1. The molecule has 4 heteroatoms. The van der Waals surface area contributed by atoms with Crippen molar-refractivity contribution in [1.82, 2.24) is 4.98 Å². The van der Waals surface area contributed by atoms with Crippen molar-refractivity contribution in [2.45, 2.75) is 5.92 Å². The number of benzene rings is 1. The van der Waals surface area contributed by atoms with E-state index < -0.39 is 5.92 Å². The second-order valence-electron chi connectivity index (χ2n) is 3.94. The lowest BCUT2D eigenvalue weighted by Crippen LogP contribution is -2.11. The summed E-state index contributed by atoms with van der Waals surface area (Å²) in [6.07, 6.45) is 3.14. The predicted molar refractivity (Wildman–Crippen MR) is 69.9 cm³/mol. The molecule has 0 radical (unpaired) electrons. The quantitative estimate of drug-likeness (QED) is 0.784. The lowest BCUT2D eigenvalue weighted by atomic mass is 9.92. The van der Waals surface area contributed by atoms with Gasteiger partial charge in [0.15, 0.2) is 5.78 Å². The highest BCUT2D eigenvalue weighted by atomic mass is 16.5. The third-order valence-electron chi connectivity index (χ3n) is 2.78. The molecule has 2 rings (SSSR count). The monoisotopic (exact) mass is 252 g/mol. The van der Waals surface area contributed by atoms with Crippen molar-refractivity contribution in [2.75, 3.05) is 7.11 Å². The number of nitrogens with zero attached hydrogens (tertiary/aromatic N) is 2. The van der Waals surface area contributed by atoms with Gasteiger partial charge in [0.25, 0.3) is 0 Å². The zero-order valence-electron chi connectivity index (χ0n) is 10.4. The lowest BCUT2D eigenvalue weighted by molar-refractivity contribution is 0.0978. The number of ether oxygens (including phenoxy) is 1. The van der Waals surface area contributed by atoms with Crippen LogP contribution in [0.25, 0.3) is 0 Å². The number of nitriles is 1. The average molecular weight is 252 g/mol. The van der Waals surface area contributed by atoms with E-state index in [0.717, 1.165) is 0 Å². The Kier molecular flexibility index (Phi) is 3.89. The molecule has 0 saturated heterocycles. The second kappa shape index (κ2) is 5.78. The number of carbonyl (C=O) groups excluding carboxylic acids is 1. The van der Waals surface area contributed by atoms with E-state index in [9.17, 15) is 10.1 Å². The van der Waals surface area contributed by atoms with Crippen LogP contribution >= 0.6 is 0 Å². The van der Waals surface area contributed by atoms with Crippen LogP contribution in [-0.2, 0) is 0 Å². The maximum Gasteiger partial charge on any atom is 0.184 e. The second-order valence-corrected chi connectivity index (χ2v) is 3.94. The summed E-state index contributed by atoms with van der Waals surface area (Å²) < 4.78 is 5.08. The van der Waals surface area contributed by atoms with E-state index in [1.807, 2.05) is 6.07 Å². The van der Waals surface area contributed by atoms with E-state index in [-0.39, 0.29) is 5.78 Å². The zero-order valence-corrected chi connectivity index (χ0v) is 10.4. The number of hydrogen-bond donors (Lipinski definition) is 0. The largest absolute Gasteiger partial charge is 0.497 e. The Balaban J connectivity index is 2.34. The van der Waals surface area contributed by atoms with Crippen molar-refractivity contribution in [3.05, 3.63) is 59.9 Å². The first kappa shape index (κ1) is 12.8. The lowest BCUT2D eigenvalue weighted by Gasteiger charge is -2.09. The Morgan fingerprint density at radius 1 is 1.32 bits per heavy atom. The van der Waals surface area contributed by atoms with Gasteiger partial charge < -0.3 is 4.74 Å². The predicted octanol–water partition coefficient (Wildman–Crippen LogP) is 2.58. The number of carbonyl (C=O) groups is 1. The van der Waals surface area contributed by atoms with Gasteiger partial charge >= 0.3 is 0 Å². The SMILES string of the molecule is COc1cccc(C(=O)C(C#N)c2ccncc2)c1. The zero-order chi connectivity index (χ0) is 13.7. The first-order chi connectivity index (χ1) is 9.26. The van der Waals surface area contributed by atoms with Crippen LogP contribution in [0.1, 0.15) is 21.8 Å². The summed E-state index contributed by atoms with van der Waals surface area (Å²) in [7, 11) is 1.54. The number of hydrogen-bond acceptors (Lipinski definition) is 4. The standard InChI is InChI=1S/C15H12N2O2/c1-19-13-4-2-3-12(9-13)15(18)14(10-16)11-5-7-17-8-6-11/h2-9,14H,1H3. The maximum atomic E-state index is 12.3. The number of ketones is 1. The molecule has 2 aromatic rings. The van der Waals surface area contributed by atoms with Crippen LogP contribution in [0.5, 0.6) is 5.75 Å². The van der Waals surface area contributed by atoms with Crippen LogP contribution in [0.2, 0.25) is 0 Å². The van der Waals surface area contributed by atoms with Crippen LogP contribution in [0.3, 0.4) is 0 Å². The van der Waals surface area contributed by atoms with Gasteiger partial charge in [-0.2, -0.15) is 5.26 Å². The third-order valence-corrected chi connectivity index (χ3v) is 2.78. The summed E-state index contributed by atoms with van der Waals surface area (Å²) in [5.74, 6) is -0.472. The number of Topliss-reactive ketones (excluding diaryl/α,β-unsaturated/α-hetero) is 1. The number of methoxy groups -OCH3 is 1. The first-order valence-corrected chi connectivity index (χ1v) is 5.74. The third kappa shape index (κ3) is 2.78. The van der Waals surface area contributed by atoms with Gasteiger partial charge in [-0.1, -0.05) is 12.1 Å². The molecule has 0 bridgehead atoms. The normalized spacial score (nSPS) is 11.4. The van der Waals surface area contributed by atoms with Crippen molar-refractivity contribution in [3.63, 3.8) is 0 Å². The van der Waals surface area contributed by atoms with Crippen molar-refractivity contribution in [1.29, 1.82) is 5.26 Å². The summed E-state index contributed by atoms with van der Waals surface area (Å²) in [5.41, 5.74) is 1.10. The highest BCUT2D eigenvalue weighted by Crippen LogP contribution is 2.22. The minimum Gasteiger partial charge on any atom is -0.497 e. The van der Waals surface area contributed by atoms with Gasteiger partial charge in [0.2, 0.25) is 0 Å². The maximum absolute atomic E-state index is 12.3. The molecule has 1 atom stereocenters. The molecule has 0 N–H and O–H groups in total. The van der Waals surface area contributed by atoms with Crippen molar-refractivity contribution in [3.8, 4) is 11.8 Å². The number of aromatic nitrogens is 1. The smallest absolute Gasteiger partial charge is 0.184 e. The Hall–Kier alpha value is -2.67. The van der Waals surface area contributed by atoms with E-state index in [1.54, 1.807) is 48.8 Å². The molecule has 19 heavy (non-hydrogen) atoms. The highest BCUT2D eigenvalue weighted by Gasteiger charge is 2.21. The van der Waals surface area contributed by atoms with Gasteiger partial charge in [0, 0.05) is 18.0 Å². The molecule has 1 unspecified atom stereocenters. The molecule has 4 nitrogen and oxygen atoms in total. The molecular formula is C15H12N2O2. The Labute approximate surface area is 111 Å². The van der Waals surface area contributed by atoms with E-state index in [0.29, 0.717) is 16.9 Å². The molecule has 0 amide bonds. The minimum atomic E-state index is -0.824. The molecule has 94 valence electrons.